The van der Waals surface area contributed by atoms with Crippen LogP contribution in [-0.2, 0) is 0 Å². The number of nitrogens with zero attached hydrogens (tertiary/aromatic N) is 1. The number of aryl methyl sites for hydroxylation is 2. The van der Waals surface area contributed by atoms with Gasteiger partial charge in [0.15, 0.2) is 0 Å². The van der Waals surface area contributed by atoms with Crippen molar-refractivity contribution in [2.45, 2.75) is 39.2 Å². The molecule has 1 aromatic rings. The summed E-state index contributed by atoms with van der Waals surface area (Å²) in [6.45, 7) is 10.4. The van der Waals surface area contributed by atoms with Gasteiger partial charge in [0.05, 0.1) is 0 Å². The van der Waals surface area contributed by atoms with E-state index in [-0.39, 0.29) is 0 Å². The van der Waals surface area contributed by atoms with Crippen LogP contribution >= 0.6 is 0 Å². The van der Waals surface area contributed by atoms with Crippen LogP contribution in [0.3, 0.4) is 0 Å². The fraction of sp³-hybridized carbons (Fsp3) is 0.529. The van der Waals surface area contributed by atoms with Gasteiger partial charge in [-0.25, -0.2) is 0 Å². The number of hydrogen-bond donors (Lipinski definition) is 2. The molecule has 1 aromatic carbocycles. The predicted molar refractivity (Wildman–Crippen MR) is 86.7 cm³/mol. The highest BCUT2D eigenvalue weighted by Gasteiger charge is 2.25. The van der Waals surface area contributed by atoms with Gasteiger partial charge in [-0.1, -0.05) is 19.1 Å². The third-order valence-corrected chi connectivity index (χ3v) is 4.37. The molecule has 3 N–H and O–H groups in total. The molecule has 3 nitrogen and oxygen atoms in total. The van der Waals surface area contributed by atoms with E-state index in [4.69, 9.17) is 5.73 Å². The summed E-state index contributed by atoms with van der Waals surface area (Å²) in [6.07, 6.45) is 3.80. The third kappa shape index (κ3) is 3.15. The van der Waals surface area contributed by atoms with Crippen LogP contribution in [-0.4, -0.2) is 25.0 Å². The van der Waals surface area contributed by atoms with E-state index in [1.54, 1.807) is 0 Å². The molecule has 0 aliphatic carbocycles. The number of hydrogen-bond acceptors (Lipinski definition) is 3. The molecule has 0 saturated carbocycles. The zero-order chi connectivity index (χ0) is 14.7. The molecule has 0 spiro atoms. The molecule has 0 amide bonds. The Morgan fingerprint density at radius 1 is 1.35 bits per heavy atom. The highest BCUT2D eigenvalue weighted by molar-refractivity contribution is 5.52. The van der Waals surface area contributed by atoms with Crippen molar-refractivity contribution in [1.29, 1.82) is 0 Å². The van der Waals surface area contributed by atoms with Gasteiger partial charge in [-0.2, -0.15) is 0 Å². The van der Waals surface area contributed by atoms with E-state index in [1.807, 2.05) is 7.05 Å². The smallest absolute Gasteiger partial charge is 0.0381 e. The lowest BCUT2D eigenvalue weighted by atomic mass is 9.90. The van der Waals surface area contributed by atoms with Crippen LogP contribution < -0.4 is 11.1 Å². The number of likely N-dealkylation sites (tertiary alicyclic amines) is 1. The standard InChI is InChI=1S/C17H27N3/c1-12-10-16(18)13(2)9-15(12)17-7-5-6-8-20(17)11-14(3)19-4/h9-10,17,19H,3,5-8,11,18H2,1-2,4H3. The maximum atomic E-state index is 6.02. The summed E-state index contributed by atoms with van der Waals surface area (Å²) < 4.78 is 0. The van der Waals surface area contributed by atoms with Gasteiger partial charge in [0.25, 0.3) is 0 Å². The Labute approximate surface area is 122 Å². The summed E-state index contributed by atoms with van der Waals surface area (Å²) >= 11 is 0. The average Bonchev–Trinajstić information content (AvgIpc) is 2.43. The Morgan fingerprint density at radius 2 is 2.10 bits per heavy atom. The van der Waals surface area contributed by atoms with Crippen LogP contribution in [0.25, 0.3) is 0 Å². The number of piperidine rings is 1. The highest BCUT2D eigenvalue weighted by Crippen LogP contribution is 2.34. The van der Waals surface area contributed by atoms with Crippen molar-refractivity contribution in [3.8, 4) is 0 Å². The van der Waals surface area contributed by atoms with Crippen molar-refractivity contribution in [2.24, 2.45) is 0 Å². The lowest BCUT2D eigenvalue weighted by Gasteiger charge is -2.37. The van der Waals surface area contributed by atoms with E-state index in [0.29, 0.717) is 6.04 Å². The number of rotatable bonds is 4. The zero-order valence-corrected chi connectivity index (χ0v) is 13.0. The Morgan fingerprint density at radius 3 is 2.80 bits per heavy atom. The quantitative estimate of drug-likeness (QED) is 0.828. The van der Waals surface area contributed by atoms with Gasteiger partial charge in [0, 0.05) is 31.0 Å². The fourth-order valence-electron chi connectivity index (χ4n) is 3.08. The molecule has 1 atom stereocenters. The van der Waals surface area contributed by atoms with Gasteiger partial charge in [-0.15, -0.1) is 0 Å². The molecular formula is C17H27N3. The molecule has 110 valence electrons. The summed E-state index contributed by atoms with van der Waals surface area (Å²) in [6, 6.07) is 4.88. The first kappa shape index (κ1) is 14.9. The molecule has 1 heterocycles. The van der Waals surface area contributed by atoms with Gasteiger partial charge in [0.1, 0.15) is 0 Å². The number of likely N-dealkylation sites (N-methyl/N-ethyl adjacent to an activating group) is 1. The van der Waals surface area contributed by atoms with Crippen molar-refractivity contribution in [3.63, 3.8) is 0 Å². The van der Waals surface area contributed by atoms with Crippen LogP contribution in [0.4, 0.5) is 5.69 Å². The normalized spacial score (nSPS) is 19.9. The Kier molecular flexibility index (Phi) is 4.71. The summed E-state index contributed by atoms with van der Waals surface area (Å²) in [5.41, 5.74) is 11.9. The van der Waals surface area contributed by atoms with Gasteiger partial charge in [0.2, 0.25) is 0 Å². The third-order valence-electron chi connectivity index (χ3n) is 4.37. The minimum atomic E-state index is 0.494. The minimum absolute atomic E-state index is 0.494. The molecule has 1 unspecified atom stereocenters. The first-order valence-electron chi connectivity index (χ1n) is 7.49. The first-order chi connectivity index (χ1) is 9.52. The molecule has 0 radical (unpaired) electrons. The number of nitrogen functional groups attached to an aromatic ring is 1. The lowest BCUT2D eigenvalue weighted by molar-refractivity contribution is 0.160. The Bertz CT molecular complexity index is 493. The minimum Gasteiger partial charge on any atom is -0.399 e. The van der Waals surface area contributed by atoms with Gasteiger partial charge in [-0.05, 0) is 56.0 Å². The number of nitrogens with one attached hydrogen (secondary N) is 1. The summed E-state index contributed by atoms with van der Waals surface area (Å²) in [4.78, 5) is 2.54. The molecule has 2 rings (SSSR count). The summed E-state index contributed by atoms with van der Waals surface area (Å²) in [5.74, 6) is 0. The molecule has 0 bridgehead atoms. The van der Waals surface area contributed by atoms with Crippen molar-refractivity contribution in [3.05, 3.63) is 41.1 Å². The topological polar surface area (TPSA) is 41.3 Å². The van der Waals surface area contributed by atoms with E-state index >= 15 is 0 Å². The fourth-order valence-corrected chi connectivity index (χ4v) is 3.08. The molecule has 1 aliphatic rings. The Hall–Kier alpha value is -1.48. The van der Waals surface area contributed by atoms with Gasteiger partial charge >= 0.3 is 0 Å². The monoisotopic (exact) mass is 273 g/mol. The molecule has 20 heavy (non-hydrogen) atoms. The van der Waals surface area contributed by atoms with E-state index in [2.05, 4.69) is 42.8 Å². The summed E-state index contributed by atoms with van der Waals surface area (Å²) in [5, 5.41) is 3.16. The van der Waals surface area contributed by atoms with E-state index in [9.17, 15) is 0 Å². The van der Waals surface area contributed by atoms with Crippen LogP contribution in [0.1, 0.15) is 42.0 Å². The summed E-state index contributed by atoms with van der Waals surface area (Å²) in [7, 11) is 1.94. The second kappa shape index (κ2) is 6.31. The van der Waals surface area contributed by atoms with Gasteiger partial charge < -0.3 is 11.1 Å². The molecule has 1 aliphatic heterocycles. The first-order valence-corrected chi connectivity index (χ1v) is 7.49. The van der Waals surface area contributed by atoms with Crippen molar-refractivity contribution in [1.82, 2.24) is 10.2 Å². The lowest BCUT2D eigenvalue weighted by Crippen LogP contribution is -2.36. The predicted octanol–water partition coefficient (Wildman–Crippen LogP) is 3.15. The maximum absolute atomic E-state index is 6.02. The zero-order valence-electron chi connectivity index (χ0n) is 13.0. The van der Waals surface area contributed by atoms with E-state index < -0.39 is 0 Å². The Balaban J connectivity index is 2.27. The molecule has 1 saturated heterocycles. The molecule has 3 heteroatoms. The largest absolute Gasteiger partial charge is 0.399 e. The van der Waals surface area contributed by atoms with E-state index in [0.717, 1.165) is 24.5 Å². The van der Waals surface area contributed by atoms with Crippen LogP contribution in [0.2, 0.25) is 0 Å². The SMILES string of the molecule is C=C(CN1CCCCC1c1cc(C)c(N)cc1C)NC. The van der Waals surface area contributed by atoms with Crippen LogP contribution in [0.15, 0.2) is 24.4 Å². The van der Waals surface area contributed by atoms with Crippen molar-refractivity contribution in [2.75, 3.05) is 25.9 Å². The second-order valence-electron chi connectivity index (χ2n) is 5.90. The van der Waals surface area contributed by atoms with Crippen molar-refractivity contribution >= 4 is 5.69 Å². The van der Waals surface area contributed by atoms with Gasteiger partial charge in [-0.3, -0.25) is 4.90 Å². The molecule has 0 aromatic heterocycles. The van der Waals surface area contributed by atoms with Crippen LogP contribution in [0, 0.1) is 13.8 Å². The maximum Gasteiger partial charge on any atom is 0.0381 e. The molecular weight excluding hydrogens is 246 g/mol. The van der Waals surface area contributed by atoms with Crippen molar-refractivity contribution < 1.29 is 0 Å². The number of nitrogens with two attached hydrogens (primary N) is 1. The number of benzene rings is 1. The second-order valence-corrected chi connectivity index (χ2v) is 5.90. The van der Waals surface area contributed by atoms with Crippen LogP contribution in [0.5, 0.6) is 0 Å². The van der Waals surface area contributed by atoms with E-state index in [1.165, 1.54) is 36.0 Å². The number of anilines is 1. The molecule has 1 fully saturated rings. The highest BCUT2D eigenvalue weighted by atomic mass is 15.2. The average molecular weight is 273 g/mol.